The second-order valence-corrected chi connectivity index (χ2v) is 6.72. The van der Waals surface area contributed by atoms with Gasteiger partial charge >= 0.3 is 5.97 Å². The standard InChI is InChI=1S/C25H20N2O5/c1-2-30-24-14-17(16-26-19-10-6-7-11-21(19)28)12-13-22(24)31-25(29)20-15-23(32-27-20)18-8-4-3-5-9-18/h3-16,28H,2H2,1H3. The molecule has 32 heavy (non-hydrogen) atoms. The highest BCUT2D eigenvalue weighted by Crippen LogP contribution is 2.30. The van der Waals surface area contributed by atoms with Crippen molar-refractivity contribution >= 4 is 17.9 Å². The van der Waals surface area contributed by atoms with Gasteiger partial charge in [0.15, 0.2) is 23.0 Å². The van der Waals surface area contributed by atoms with Crippen molar-refractivity contribution in [1.82, 2.24) is 5.16 Å². The third-order valence-corrected chi connectivity index (χ3v) is 4.48. The van der Waals surface area contributed by atoms with Crippen LogP contribution in [0.3, 0.4) is 0 Å². The van der Waals surface area contributed by atoms with E-state index in [-0.39, 0.29) is 17.2 Å². The molecule has 0 atom stereocenters. The highest BCUT2D eigenvalue weighted by atomic mass is 16.6. The minimum atomic E-state index is -0.660. The zero-order valence-corrected chi connectivity index (χ0v) is 17.3. The molecule has 1 heterocycles. The van der Waals surface area contributed by atoms with Crippen LogP contribution in [-0.4, -0.2) is 29.1 Å². The molecule has 4 rings (SSSR count). The minimum Gasteiger partial charge on any atom is -0.506 e. The number of carbonyl (C=O) groups excluding carboxylic acids is 1. The van der Waals surface area contributed by atoms with Crippen LogP contribution >= 0.6 is 0 Å². The number of esters is 1. The molecule has 0 saturated carbocycles. The van der Waals surface area contributed by atoms with E-state index in [4.69, 9.17) is 14.0 Å². The van der Waals surface area contributed by atoms with Crippen LogP contribution in [0, 0.1) is 0 Å². The number of aromatic nitrogens is 1. The first kappa shape index (κ1) is 20.9. The van der Waals surface area contributed by atoms with Gasteiger partial charge in [-0.3, -0.25) is 4.99 Å². The van der Waals surface area contributed by atoms with E-state index in [0.29, 0.717) is 29.4 Å². The van der Waals surface area contributed by atoms with Gasteiger partial charge in [-0.25, -0.2) is 4.79 Å². The van der Waals surface area contributed by atoms with Gasteiger partial charge in [0, 0.05) is 17.8 Å². The van der Waals surface area contributed by atoms with Gasteiger partial charge in [0.05, 0.1) is 6.61 Å². The SMILES string of the molecule is CCOc1cc(C=Nc2ccccc2O)ccc1OC(=O)c1cc(-c2ccccc2)on1. The fourth-order valence-corrected chi connectivity index (χ4v) is 2.94. The highest BCUT2D eigenvalue weighted by molar-refractivity contribution is 5.91. The number of aliphatic imine (C=N–C) groups is 1. The molecule has 160 valence electrons. The maximum absolute atomic E-state index is 12.6. The number of ether oxygens (including phenoxy) is 2. The van der Waals surface area contributed by atoms with Crippen LogP contribution < -0.4 is 9.47 Å². The lowest BCUT2D eigenvalue weighted by atomic mass is 10.1. The number of benzene rings is 3. The molecule has 0 amide bonds. The summed E-state index contributed by atoms with van der Waals surface area (Å²) in [7, 11) is 0. The van der Waals surface area contributed by atoms with Crippen LogP contribution in [0.4, 0.5) is 5.69 Å². The first-order valence-corrected chi connectivity index (χ1v) is 9.97. The molecule has 4 aromatic rings. The van der Waals surface area contributed by atoms with Gasteiger partial charge in [-0.15, -0.1) is 0 Å². The Kier molecular flexibility index (Phi) is 6.27. The summed E-state index contributed by atoms with van der Waals surface area (Å²) < 4.78 is 16.4. The Labute approximate surface area is 184 Å². The van der Waals surface area contributed by atoms with E-state index in [9.17, 15) is 9.90 Å². The lowest BCUT2D eigenvalue weighted by Gasteiger charge is -2.10. The number of aromatic hydroxyl groups is 1. The van der Waals surface area contributed by atoms with E-state index in [2.05, 4.69) is 10.1 Å². The molecule has 7 heteroatoms. The lowest BCUT2D eigenvalue weighted by molar-refractivity contribution is 0.0717. The van der Waals surface area contributed by atoms with E-state index in [1.165, 1.54) is 6.07 Å². The average Bonchev–Trinajstić information content (AvgIpc) is 3.31. The highest BCUT2D eigenvalue weighted by Gasteiger charge is 2.18. The summed E-state index contributed by atoms with van der Waals surface area (Å²) in [5.41, 5.74) is 2.02. The van der Waals surface area contributed by atoms with Crippen LogP contribution in [-0.2, 0) is 0 Å². The maximum Gasteiger partial charge on any atom is 0.366 e. The summed E-state index contributed by atoms with van der Waals surface area (Å²) in [4.78, 5) is 16.9. The van der Waals surface area contributed by atoms with Gasteiger partial charge in [-0.1, -0.05) is 47.6 Å². The van der Waals surface area contributed by atoms with Crippen molar-refractivity contribution in [3.63, 3.8) is 0 Å². The van der Waals surface area contributed by atoms with Crippen LogP contribution in [0.2, 0.25) is 0 Å². The Bertz CT molecular complexity index is 1250. The summed E-state index contributed by atoms with van der Waals surface area (Å²) in [6, 6.07) is 22.7. The number of phenolic OH excluding ortho intramolecular Hbond substituents is 1. The topological polar surface area (TPSA) is 94.2 Å². The molecule has 0 bridgehead atoms. The van der Waals surface area contributed by atoms with Crippen molar-refractivity contribution in [2.24, 2.45) is 4.99 Å². The molecule has 1 N–H and O–H groups in total. The normalized spacial score (nSPS) is 10.9. The summed E-state index contributed by atoms with van der Waals surface area (Å²) in [6.45, 7) is 2.21. The molecule has 0 fully saturated rings. The number of carbonyl (C=O) groups is 1. The number of hydrogen-bond acceptors (Lipinski definition) is 7. The number of phenols is 1. The predicted octanol–water partition coefficient (Wildman–Crippen LogP) is 5.42. The second-order valence-electron chi connectivity index (χ2n) is 6.72. The van der Waals surface area contributed by atoms with Crippen molar-refractivity contribution in [2.45, 2.75) is 6.92 Å². The third kappa shape index (κ3) is 4.84. The molecule has 0 radical (unpaired) electrons. The van der Waals surface area contributed by atoms with Gasteiger partial charge in [0.2, 0.25) is 0 Å². The van der Waals surface area contributed by atoms with Gasteiger partial charge in [0.1, 0.15) is 11.4 Å². The summed E-state index contributed by atoms with van der Waals surface area (Å²) in [6.07, 6.45) is 1.59. The monoisotopic (exact) mass is 428 g/mol. The Balaban J connectivity index is 1.52. The van der Waals surface area contributed by atoms with Crippen molar-refractivity contribution in [2.75, 3.05) is 6.61 Å². The molecule has 0 aliphatic carbocycles. The Hall–Kier alpha value is -4.39. The summed E-state index contributed by atoms with van der Waals surface area (Å²) >= 11 is 0. The van der Waals surface area contributed by atoms with E-state index >= 15 is 0 Å². The van der Waals surface area contributed by atoms with Crippen molar-refractivity contribution in [3.05, 3.63) is 90.1 Å². The number of nitrogens with zero attached hydrogens (tertiary/aromatic N) is 2. The number of rotatable bonds is 7. The van der Waals surface area contributed by atoms with Crippen LogP contribution in [0.1, 0.15) is 23.0 Å². The van der Waals surface area contributed by atoms with Crippen LogP contribution in [0.15, 0.2) is 88.4 Å². The van der Waals surface area contributed by atoms with Crippen LogP contribution in [0.5, 0.6) is 17.2 Å². The average molecular weight is 428 g/mol. The molecule has 3 aromatic carbocycles. The smallest absolute Gasteiger partial charge is 0.366 e. The van der Waals surface area contributed by atoms with Gasteiger partial charge in [0.25, 0.3) is 0 Å². The first-order valence-electron chi connectivity index (χ1n) is 9.97. The molecular weight excluding hydrogens is 408 g/mol. The van der Waals surface area contributed by atoms with Crippen molar-refractivity contribution in [1.29, 1.82) is 0 Å². The fourth-order valence-electron chi connectivity index (χ4n) is 2.94. The molecule has 1 aromatic heterocycles. The van der Waals surface area contributed by atoms with Crippen LogP contribution in [0.25, 0.3) is 11.3 Å². The molecule has 0 saturated heterocycles. The molecule has 0 spiro atoms. The van der Waals surface area contributed by atoms with Crippen molar-refractivity contribution < 1.29 is 23.9 Å². The third-order valence-electron chi connectivity index (χ3n) is 4.48. The Morgan fingerprint density at radius 3 is 2.59 bits per heavy atom. The van der Waals surface area contributed by atoms with E-state index in [1.807, 2.05) is 37.3 Å². The van der Waals surface area contributed by atoms with E-state index < -0.39 is 5.97 Å². The minimum absolute atomic E-state index is 0.0523. The molecule has 0 aliphatic rings. The maximum atomic E-state index is 12.6. The largest absolute Gasteiger partial charge is 0.506 e. The number of para-hydroxylation sites is 2. The van der Waals surface area contributed by atoms with Gasteiger partial charge < -0.3 is 19.1 Å². The van der Waals surface area contributed by atoms with E-state index in [0.717, 1.165) is 5.56 Å². The molecular formula is C25H20N2O5. The molecule has 0 aliphatic heterocycles. The van der Waals surface area contributed by atoms with Gasteiger partial charge in [-0.2, -0.15) is 0 Å². The Morgan fingerprint density at radius 1 is 1.03 bits per heavy atom. The molecule has 7 nitrogen and oxygen atoms in total. The van der Waals surface area contributed by atoms with E-state index in [1.54, 1.807) is 48.7 Å². The fraction of sp³-hybridized carbons (Fsp3) is 0.0800. The quantitative estimate of drug-likeness (QED) is 0.240. The van der Waals surface area contributed by atoms with Gasteiger partial charge in [-0.05, 0) is 42.8 Å². The zero-order valence-electron chi connectivity index (χ0n) is 17.3. The van der Waals surface area contributed by atoms with Crippen molar-refractivity contribution in [3.8, 4) is 28.6 Å². The predicted molar refractivity (Wildman–Crippen MR) is 120 cm³/mol. The Morgan fingerprint density at radius 2 is 1.81 bits per heavy atom. The lowest BCUT2D eigenvalue weighted by Crippen LogP contribution is -2.10. The summed E-state index contributed by atoms with van der Waals surface area (Å²) in [5, 5.41) is 13.7. The molecule has 0 unspecified atom stereocenters. The zero-order chi connectivity index (χ0) is 22.3. The first-order chi connectivity index (χ1) is 15.6. The second kappa shape index (κ2) is 9.61. The summed E-state index contributed by atoms with van der Waals surface area (Å²) in [5.74, 6) is 0.530. The number of hydrogen-bond donors (Lipinski definition) is 1.